The Morgan fingerprint density at radius 3 is 2.53 bits per heavy atom. The summed E-state index contributed by atoms with van der Waals surface area (Å²) < 4.78 is 5.56. The standard InChI is InChI=1S/C16H23NO2/c1-11-8-9-14(10-12(11)2)19-16(18)15(17)13-6-4-3-5-7-13/h3-7,11-12,14-15H,8-10,17H2,1-2H3/t11?,12?,14?,15-/m0/s1. The Bertz CT molecular complexity index is 418. The normalized spacial score (nSPS) is 28.7. The van der Waals surface area contributed by atoms with Gasteiger partial charge in [0.2, 0.25) is 0 Å². The first-order valence-corrected chi connectivity index (χ1v) is 7.09. The number of hydrogen-bond donors (Lipinski definition) is 1. The van der Waals surface area contributed by atoms with Crippen LogP contribution in [-0.2, 0) is 9.53 Å². The minimum Gasteiger partial charge on any atom is -0.461 e. The fourth-order valence-electron chi connectivity index (χ4n) is 2.64. The van der Waals surface area contributed by atoms with Gasteiger partial charge in [-0.05, 0) is 36.7 Å². The van der Waals surface area contributed by atoms with Gasteiger partial charge in [0, 0.05) is 0 Å². The predicted octanol–water partition coefficient (Wildman–Crippen LogP) is 3.05. The van der Waals surface area contributed by atoms with Crippen LogP contribution in [0.5, 0.6) is 0 Å². The molecule has 0 aliphatic heterocycles. The number of ether oxygens (including phenoxy) is 1. The third kappa shape index (κ3) is 3.57. The van der Waals surface area contributed by atoms with Gasteiger partial charge in [-0.3, -0.25) is 0 Å². The Morgan fingerprint density at radius 1 is 1.21 bits per heavy atom. The topological polar surface area (TPSA) is 52.3 Å². The van der Waals surface area contributed by atoms with E-state index in [0.717, 1.165) is 30.7 Å². The van der Waals surface area contributed by atoms with Gasteiger partial charge >= 0.3 is 5.97 Å². The van der Waals surface area contributed by atoms with Crippen LogP contribution in [0.4, 0.5) is 0 Å². The Kier molecular flexibility index (Phi) is 4.59. The Morgan fingerprint density at radius 2 is 1.89 bits per heavy atom. The number of rotatable bonds is 3. The third-order valence-electron chi connectivity index (χ3n) is 4.25. The average Bonchev–Trinajstić information content (AvgIpc) is 2.43. The zero-order valence-corrected chi connectivity index (χ0v) is 11.7. The maximum absolute atomic E-state index is 12.1. The molecule has 1 aromatic carbocycles. The Labute approximate surface area is 115 Å². The molecule has 0 spiro atoms. The first-order chi connectivity index (χ1) is 9.08. The smallest absolute Gasteiger partial charge is 0.327 e. The summed E-state index contributed by atoms with van der Waals surface area (Å²) in [5, 5.41) is 0. The van der Waals surface area contributed by atoms with E-state index in [1.807, 2.05) is 30.3 Å². The third-order valence-corrected chi connectivity index (χ3v) is 4.25. The largest absolute Gasteiger partial charge is 0.461 e. The van der Waals surface area contributed by atoms with Crippen molar-refractivity contribution in [3.63, 3.8) is 0 Å². The van der Waals surface area contributed by atoms with E-state index in [2.05, 4.69) is 13.8 Å². The van der Waals surface area contributed by atoms with Gasteiger partial charge in [-0.15, -0.1) is 0 Å². The summed E-state index contributed by atoms with van der Waals surface area (Å²) in [5.41, 5.74) is 6.75. The highest BCUT2D eigenvalue weighted by molar-refractivity contribution is 5.77. The van der Waals surface area contributed by atoms with Crippen molar-refractivity contribution < 1.29 is 9.53 Å². The molecule has 0 radical (unpaired) electrons. The molecule has 2 rings (SSSR count). The molecule has 1 aliphatic rings. The van der Waals surface area contributed by atoms with Crippen molar-refractivity contribution in [1.82, 2.24) is 0 Å². The van der Waals surface area contributed by atoms with Crippen LogP contribution < -0.4 is 5.73 Å². The molecule has 0 bridgehead atoms. The minimum absolute atomic E-state index is 0.0356. The fraction of sp³-hybridized carbons (Fsp3) is 0.562. The average molecular weight is 261 g/mol. The number of nitrogens with two attached hydrogens (primary N) is 1. The quantitative estimate of drug-likeness (QED) is 0.851. The van der Waals surface area contributed by atoms with E-state index in [4.69, 9.17) is 10.5 Å². The van der Waals surface area contributed by atoms with E-state index in [9.17, 15) is 4.79 Å². The van der Waals surface area contributed by atoms with Crippen molar-refractivity contribution in [2.45, 2.75) is 45.3 Å². The van der Waals surface area contributed by atoms with Gasteiger partial charge in [0.1, 0.15) is 12.1 Å². The van der Waals surface area contributed by atoms with Crippen LogP contribution in [0.2, 0.25) is 0 Å². The zero-order valence-electron chi connectivity index (χ0n) is 11.7. The lowest BCUT2D eigenvalue weighted by Gasteiger charge is -2.32. The van der Waals surface area contributed by atoms with E-state index < -0.39 is 6.04 Å². The minimum atomic E-state index is -0.671. The van der Waals surface area contributed by atoms with Gasteiger partial charge in [-0.25, -0.2) is 4.79 Å². The van der Waals surface area contributed by atoms with Crippen molar-refractivity contribution in [2.24, 2.45) is 17.6 Å². The molecule has 1 aliphatic carbocycles. The second-order valence-corrected chi connectivity index (χ2v) is 5.71. The number of esters is 1. The molecular weight excluding hydrogens is 238 g/mol. The Hall–Kier alpha value is -1.35. The van der Waals surface area contributed by atoms with Gasteiger partial charge < -0.3 is 10.5 Å². The molecule has 3 unspecified atom stereocenters. The molecule has 3 heteroatoms. The van der Waals surface area contributed by atoms with Gasteiger partial charge in [0.05, 0.1) is 0 Å². The van der Waals surface area contributed by atoms with Crippen LogP contribution in [0.1, 0.15) is 44.7 Å². The predicted molar refractivity (Wildman–Crippen MR) is 75.4 cm³/mol. The van der Waals surface area contributed by atoms with E-state index in [1.54, 1.807) is 0 Å². The fourth-order valence-corrected chi connectivity index (χ4v) is 2.64. The first-order valence-electron chi connectivity index (χ1n) is 7.09. The lowest BCUT2D eigenvalue weighted by Crippen LogP contribution is -2.32. The van der Waals surface area contributed by atoms with Gasteiger partial charge in [-0.1, -0.05) is 44.2 Å². The van der Waals surface area contributed by atoms with Crippen LogP contribution in [-0.4, -0.2) is 12.1 Å². The highest BCUT2D eigenvalue weighted by Crippen LogP contribution is 2.31. The zero-order chi connectivity index (χ0) is 13.8. The molecule has 104 valence electrons. The summed E-state index contributed by atoms with van der Waals surface area (Å²) in [6.45, 7) is 4.49. The number of benzene rings is 1. The molecule has 0 amide bonds. The molecule has 0 heterocycles. The maximum atomic E-state index is 12.1. The van der Waals surface area contributed by atoms with Crippen molar-refractivity contribution in [3.8, 4) is 0 Å². The van der Waals surface area contributed by atoms with E-state index in [-0.39, 0.29) is 12.1 Å². The van der Waals surface area contributed by atoms with Crippen LogP contribution in [0, 0.1) is 11.8 Å². The van der Waals surface area contributed by atoms with Gasteiger partial charge in [0.15, 0.2) is 0 Å². The summed E-state index contributed by atoms with van der Waals surface area (Å²) in [6.07, 6.45) is 3.07. The van der Waals surface area contributed by atoms with Gasteiger partial charge in [-0.2, -0.15) is 0 Å². The molecule has 1 saturated carbocycles. The molecule has 4 atom stereocenters. The van der Waals surface area contributed by atoms with Crippen molar-refractivity contribution in [1.29, 1.82) is 0 Å². The Balaban J connectivity index is 1.91. The second-order valence-electron chi connectivity index (χ2n) is 5.71. The maximum Gasteiger partial charge on any atom is 0.327 e. The highest BCUT2D eigenvalue weighted by atomic mass is 16.5. The van der Waals surface area contributed by atoms with Crippen molar-refractivity contribution in [2.75, 3.05) is 0 Å². The van der Waals surface area contributed by atoms with Crippen LogP contribution in [0.15, 0.2) is 30.3 Å². The molecule has 1 aromatic rings. The summed E-state index contributed by atoms with van der Waals surface area (Å²) in [7, 11) is 0. The summed E-state index contributed by atoms with van der Waals surface area (Å²) in [4.78, 5) is 12.1. The highest BCUT2D eigenvalue weighted by Gasteiger charge is 2.28. The second kappa shape index (κ2) is 6.20. The molecule has 2 N–H and O–H groups in total. The SMILES string of the molecule is CC1CCC(OC(=O)[C@@H](N)c2ccccc2)CC1C. The van der Waals surface area contributed by atoms with Crippen LogP contribution in [0.3, 0.4) is 0 Å². The van der Waals surface area contributed by atoms with E-state index in [0.29, 0.717) is 5.92 Å². The lowest BCUT2D eigenvalue weighted by molar-refractivity contribution is -0.153. The number of carbonyl (C=O) groups excluding carboxylic acids is 1. The summed E-state index contributed by atoms with van der Waals surface area (Å²) in [5.74, 6) is 1.02. The number of carbonyl (C=O) groups is 1. The van der Waals surface area contributed by atoms with E-state index in [1.165, 1.54) is 0 Å². The molecule has 0 saturated heterocycles. The van der Waals surface area contributed by atoms with Gasteiger partial charge in [0.25, 0.3) is 0 Å². The monoisotopic (exact) mass is 261 g/mol. The molecule has 0 aromatic heterocycles. The van der Waals surface area contributed by atoms with Crippen molar-refractivity contribution >= 4 is 5.97 Å². The first kappa shape index (κ1) is 14.1. The number of hydrogen-bond acceptors (Lipinski definition) is 3. The molecule has 19 heavy (non-hydrogen) atoms. The molecular formula is C16H23NO2. The summed E-state index contributed by atoms with van der Waals surface area (Å²) >= 11 is 0. The summed E-state index contributed by atoms with van der Waals surface area (Å²) in [6, 6.07) is 8.72. The van der Waals surface area contributed by atoms with E-state index >= 15 is 0 Å². The molecule has 3 nitrogen and oxygen atoms in total. The van der Waals surface area contributed by atoms with Crippen LogP contribution in [0.25, 0.3) is 0 Å². The lowest BCUT2D eigenvalue weighted by atomic mass is 9.80. The van der Waals surface area contributed by atoms with Crippen molar-refractivity contribution in [3.05, 3.63) is 35.9 Å². The van der Waals surface area contributed by atoms with Crippen LogP contribution >= 0.6 is 0 Å². The molecule has 1 fully saturated rings.